The molecule has 0 aliphatic rings. The molecule has 7 nitrogen and oxygen atoms in total. The van der Waals surface area contributed by atoms with Gasteiger partial charge in [0.1, 0.15) is 0 Å². The van der Waals surface area contributed by atoms with Gasteiger partial charge < -0.3 is 10.5 Å². The molecule has 24 heavy (non-hydrogen) atoms. The number of nitrogens with two attached hydrogens (primary N) is 1. The van der Waals surface area contributed by atoms with Crippen molar-refractivity contribution in [1.29, 1.82) is 0 Å². The highest BCUT2D eigenvalue weighted by atomic mass is 79.9. The van der Waals surface area contributed by atoms with Gasteiger partial charge in [-0.15, -0.1) is 0 Å². The summed E-state index contributed by atoms with van der Waals surface area (Å²) in [4.78, 5) is 8.28. The predicted molar refractivity (Wildman–Crippen MR) is 96.0 cm³/mol. The Hall–Kier alpha value is -1.55. The first-order valence-electron chi connectivity index (χ1n) is 7.11. The van der Waals surface area contributed by atoms with Gasteiger partial charge >= 0.3 is 0 Å². The molecule has 0 amide bonds. The fraction of sp³-hybridized carbons (Fsp3) is 0.333. The summed E-state index contributed by atoms with van der Waals surface area (Å²) in [7, 11) is -0.605. The number of aromatic nitrogens is 2. The van der Waals surface area contributed by atoms with Crippen LogP contribution in [0.15, 0.2) is 33.8 Å². The summed E-state index contributed by atoms with van der Waals surface area (Å²) in [6.07, 6.45) is 1.59. The number of hydrogen-bond donors (Lipinski definition) is 1. The second kappa shape index (κ2) is 7.56. The number of anilines is 1. The lowest BCUT2D eigenvalue weighted by Gasteiger charge is -2.18. The van der Waals surface area contributed by atoms with E-state index in [1.165, 1.54) is 18.5 Å². The van der Waals surface area contributed by atoms with Crippen molar-refractivity contribution in [2.45, 2.75) is 11.8 Å². The third kappa shape index (κ3) is 3.92. The van der Waals surface area contributed by atoms with Crippen molar-refractivity contribution >= 4 is 31.9 Å². The number of likely N-dealkylation sites (N-methyl/N-ethyl adjacent to an activating group) is 1. The van der Waals surface area contributed by atoms with E-state index in [2.05, 4.69) is 25.9 Å². The Morgan fingerprint density at radius 1 is 1.38 bits per heavy atom. The van der Waals surface area contributed by atoms with Crippen molar-refractivity contribution in [1.82, 2.24) is 14.3 Å². The summed E-state index contributed by atoms with van der Waals surface area (Å²) >= 11 is 3.32. The maximum Gasteiger partial charge on any atom is 0.244 e. The van der Waals surface area contributed by atoms with Crippen LogP contribution >= 0.6 is 15.9 Å². The maximum absolute atomic E-state index is 12.8. The molecular weight excluding hydrogens is 396 g/mol. The van der Waals surface area contributed by atoms with Crippen LogP contribution in [-0.4, -0.2) is 50.0 Å². The summed E-state index contributed by atoms with van der Waals surface area (Å²) in [6, 6.07) is 5.10. The lowest BCUT2D eigenvalue weighted by atomic mass is 10.1. The normalized spacial score (nSPS) is 11.9. The number of methoxy groups -OCH3 is 1. The summed E-state index contributed by atoms with van der Waals surface area (Å²) in [5, 5.41) is 0. The average Bonchev–Trinajstić information content (AvgIpc) is 2.53. The Kier molecular flexibility index (Phi) is 5.92. The molecule has 0 saturated carbocycles. The molecular formula is C15H19BrN4O3S. The van der Waals surface area contributed by atoms with Crippen LogP contribution in [0.1, 0.15) is 5.69 Å². The number of nitrogen functional groups attached to an aromatic ring is 1. The Labute approximate surface area is 150 Å². The van der Waals surface area contributed by atoms with Crippen LogP contribution in [0.4, 0.5) is 5.95 Å². The van der Waals surface area contributed by atoms with Crippen molar-refractivity contribution in [2.24, 2.45) is 0 Å². The SMILES string of the molecule is COCCN(C)S(=O)(=O)c1cc(-c2cnc(N)nc2C)ccc1Br. The second-order valence-electron chi connectivity index (χ2n) is 5.19. The first-order chi connectivity index (χ1) is 11.3. The third-order valence-electron chi connectivity index (χ3n) is 3.54. The summed E-state index contributed by atoms with van der Waals surface area (Å²) in [5.41, 5.74) is 7.68. The molecule has 2 aromatic rings. The zero-order valence-corrected chi connectivity index (χ0v) is 16.1. The first kappa shape index (κ1) is 18.8. The molecule has 0 radical (unpaired) electrons. The highest BCUT2D eigenvalue weighted by molar-refractivity contribution is 9.10. The Morgan fingerprint density at radius 2 is 2.08 bits per heavy atom. The molecule has 0 fully saturated rings. The van der Waals surface area contributed by atoms with Crippen molar-refractivity contribution in [3.63, 3.8) is 0 Å². The maximum atomic E-state index is 12.8. The first-order valence-corrected chi connectivity index (χ1v) is 9.35. The molecule has 1 aromatic heterocycles. The van der Waals surface area contributed by atoms with Crippen molar-refractivity contribution in [2.75, 3.05) is 33.0 Å². The van der Waals surface area contributed by atoms with Crippen molar-refractivity contribution < 1.29 is 13.2 Å². The van der Waals surface area contributed by atoms with E-state index >= 15 is 0 Å². The minimum atomic E-state index is -3.65. The fourth-order valence-electron chi connectivity index (χ4n) is 2.14. The summed E-state index contributed by atoms with van der Waals surface area (Å²) in [5.74, 6) is 0.181. The number of nitrogens with zero attached hydrogens (tertiary/aromatic N) is 3. The molecule has 0 aliphatic carbocycles. The molecule has 2 N–H and O–H groups in total. The highest BCUT2D eigenvalue weighted by Gasteiger charge is 2.24. The quantitative estimate of drug-likeness (QED) is 0.776. The molecule has 0 aliphatic heterocycles. The van der Waals surface area contributed by atoms with Gasteiger partial charge in [0.2, 0.25) is 16.0 Å². The van der Waals surface area contributed by atoms with Gasteiger partial charge in [-0.1, -0.05) is 6.07 Å². The highest BCUT2D eigenvalue weighted by Crippen LogP contribution is 2.31. The monoisotopic (exact) mass is 414 g/mol. The van der Waals surface area contributed by atoms with Crippen LogP contribution in [0.25, 0.3) is 11.1 Å². The number of aryl methyl sites for hydroxylation is 1. The molecule has 130 valence electrons. The second-order valence-corrected chi connectivity index (χ2v) is 8.06. The van der Waals surface area contributed by atoms with Crippen LogP contribution in [0.5, 0.6) is 0 Å². The van der Waals surface area contributed by atoms with Gasteiger partial charge in [-0.2, -0.15) is 4.31 Å². The number of hydrogen-bond acceptors (Lipinski definition) is 6. The molecule has 0 unspecified atom stereocenters. The fourth-order valence-corrected chi connectivity index (χ4v) is 4.25. The van der Waals surface area contributed by atoms with Gasteiger partial charge in [-0.25, -0.2) is 18.4 Å². The minimum Gasteiger partial charge on any atom is -0.383 e. The number of ether oxygens (including phenoxy) is 1. The zero-order valence-electron chi connectivity index (χ0n) is 13.7. The third-order valence-corrected chi connectivity index (χ3v) is 6.39. The number of sulfonamides is 1. The lowest BCUT2D eigenvalue weighted by molar-refractivity contribution is 0.185. The molecule has 0 atom stereocenters. The van der Waals surface area contributed by atoms with E-state index < -0.39 is 10.0 Å². The summed E-state index contributed by atoms with van der Waals surface area (Å²) < 4.78 is 32.2. The molecule has 1 aromatic carbocycles. The Bertz CT molecular complexity index is 843. The standard InChI is InChI=1S/C15H19BrN4O3S/c1-10-12(9-18-15(17)19-10)11-4-5-13(16)14(8-11)24(21,22)20(2)6-7-23-3/h4-5,8-9H,6-7H2,1-3H3,(H2,17,18,19). The molecule has 2 rings (SSSR count). The van der Waals surface area contributed by atoms with Gasteiger partial charge in [0.15, 0.2) is 0 Å². The van der Waals surface area contributed by atoms with Crippen LogP contribution < -0.4 is 5.73 Å². The van der Waals surface area contributed by atoms with E-state index in [0.29, 0.717) is 22.3 Å². The van der Waals surface area contributed by atoms with E-state index in [9.17, 15) is 8.42 Å². The molecule has 9 heteroatoms. The molecule has 1 heterocycles. The number of halogens is 1. The van der Waals surface area contributed by atoms with Gasteiger partial charge in [0, 0.05) is 36.9 Å². The lowest BCUT2D eigenvalue weighted by Crippen LogP contribution is -2.30. The zero-order chi connectivity index (χ0) is 17.9. The predicted octanol–water partition coefficient (Wildman–Crippen LogP) is 2.06. The Balaban J connectivity index is 2.49. The topological polar surface area (TPSA) is 98.4 Å². The van der Waals surface area contributed by atoms with Crippen LogP contribution in [0.3, 0.4) is 0 Å². The van der Waals surface area contributed by atoms with E-state index in [0.717, 1.165) is 5.56 Å². The van der Waals surface area contributed by atoms with Crippen molar-refractivity contribution in [3.05, 3.63) is 34.6 Å². The summed E-state index contributed by atoms with van der Waals surface area (Å²) in [6.45, 7) is 2.38. The van der Waals surface area contributed by atoms with E-state index in [1.807, 2.05) is 0 Å². The van der Waals surface area contributed by atoms with Gasteiger partial charge in [-0.05, 0) is 40.5 Å². The van der Waals surface area contributed by atoms with E-state index in [-0.39, 0.29) is 17.4 Å². The number of rotatable bonds is 6. The molecule has 0 spiro atoms. The van der Waals surface area contributed by atoms with Crippen LogP contribution in [-0.2, 0) is 14.8 Å². The molecule has 0 saturated heterocycles. The van der Waals surface area contributed by atoms with E-state index in [1.54, 1.807) is 31.3 Å². The van der Waals surface area contributed by atoms with Gasteiger partial charge in [-0.3, -0.25) is 0 Å². The van der Waals surface area contributed by atoms with Crippen LogP contribution in [0, 0.1) is 6.92 Å². The van der Waals surface area contributed by atoms with Crippen LogP contribution in [0.2, 0.25) is 0 Å². The molecule has 0 bridgehead atoms. The average molecular weight is 415 g/mol. The number of benzene rings is 1. The smallest absolute Gasteiger partial charge is 0.244 e. The van der Waals surface area contributed by atoms with E-state index in [4.69, 9.17) is 10.5 Å². The van der Waals surface area contributed by atoms with Gasteiger partial charge in [0.05, 0.1) is 17.2 Å². The Morgan fingerprint density at radius 3 is 2.71 bits per heavy atom. The van der Waals surface area contributed by atoms with Crippen molar-refractivity contribution in [3.8, 4) is 11.1 Å². The minimum absolute atomic E-state index is 0.176. The van der Waals surface area contributed by atoms with Gasteiger partial charge in [0.25, 0.3) is 0 Å². The largest absolute Gasteiger partial charge is 0.383 e.